The smallest absolute Gasteiger partial charge is 0.223 e. The number of aliphatic imine (C=N–C) groups is 1. The number of hydrogen-bond acceptors (Lipinski definition) is 5. The summed E-state index contributed by atoms with van der Waals surface area (Å²) in [5, 5.41) is 4.21. The maximum atomic E-state index is 5.75. The van der Waals surface area contributed by atoms with Crippen LogP contribution in [0.25, 0.3) is 0 Å². The van der Waals surface area contributed by atoms with Gasteiger partial charge < -0.3 is 5.32 Å². The van der Waals surface area contributed by atoms with E-state index in [1.54, 1.807) is 18.0 Å². The molecule has 0 saturated carbocycles. The molecule has 0 unspecified atom stereocenters. The molecule has 94 valence electrons. The number of halogens is 1. The normalized spacial score (nSPS) is 10.5. The summed E-state index contributed by atoms with van der Waals surface area (Å²) in [7, 11) is 1.97. The number of unbranched alkanes of at least 4 members (excludes halogenated alkanes) is 2. The minimum Gasteiger partial charge on any atom is -0.320 e. The van der Waals surface area contributed by atoms with E-state index in [1.165, 1.54) is 12.8 Å². The van der Waals surface area contributed by atoms with Crippen molar-refractivity contribution in [2.24, 2.45) is 4.99 Å². The fourth-order valence-electron chi connectivity index (χ4n) is 1.30. The van der Waals surface area contributed by atoms with E-state index in [4.69, 9.17) is 11.6 Å². The molecule has 1 aromatic heterocycles. The lowest BCUT2D eigenvalue weighted by atomic mass is 10.2. The van der Waals surface area contributed by atoms with Crippen molar-refractivity contribution in [1.29, 1.82) is 0 Å². The van der Waals surface area contributed by atoms with Gasteiger partial charge in [-0.05, 0) is 50.5 Å². The summed E-state index contributed by atoms with van der Waals surface area (Å²) in [4.78, 5) is 11.9. The Morgan fingerprint density at radius 3 is 3.00 bits per heavy atom. The molecule has 17 heavy (non-hydrogen) atoms. The lowest BCUT2D eigenvalue weighted by Gasteiger charge is -2.04. The number of rotatable bonds is 8. The lowest BCUT2D eigenvalue weighted by molar-refractivity contribution is 0.670. The quantitative estimate of drug-likeness (QED) is 0.260. The van der Waals surface area contributed by atoms with Gasteiger partial charge in [0.1, 0.15) is 10.7 Å². The molecule has 1 rings (SSSR count). The summed E-state index contributed by atoms with van der Waals surface area (Å²) < 4.78 is 0. The fraction of sp³-hybridized carbons (Fsp3) is 0.545. The molecule has 0 amide bonds. The molecule has 1 N–H and O–H groups in total. The molecule has 0 saturated heterocycles. The summed E-state index contributed by atoms with van der Waals surface area (Å²) in [6.07, 6.45) is 5.17. The molecule has 0 atom stereocenters. The average Bonchev–Trinajstić information content (AvgIpc) is 2.34. The van der Waals surface area contributed by atoms with Crippen molar-refractivity contribution in [3.05, 3.63) is 11.5 Å². The van der Waals surface area contributed by atoms with Crippen molar-refractivity contribution < 1.29 is 0 Å². The Bertz CT molecular complexity index is 359. The van der Waals surface area contributed by atoms with Crippen molar-refractivity contribution >= 4 is 35.8 Å². The molecule has 0 bridgehead atoms. The van der Waals surface area contributed by atoms with Crippen LogP contribution in [0.3, 0.4) is 0 Å². The number of aromatic nitrogens is 2. The summed E-state index contributed by atoms with van der Waals surface area (Å²) in [5.41, 5.74) is 0.703. The Morgan fingerprint density at radius 1 is 1.47 bits per heavy atom. The molecule has 0 fully saturated rings. The maximum Gasteiger partial charge on any atom is 0.223 e. The zero-order chi connectivity index (χ0) is 12.5. The fourth-order valence-corrected chi connectivity index (χ4v) is 2.45. The first-order chi connectivity index (χ1) is 8.27. The molecule has 0 aliphatic heterocycles. The molecule has 0 aliphatic rings. The van der Waals surface area contributed by atoms with Gasteiger partial charge in [0.2, 0.25) is 5.28 Å². The van der Waals surface area contributed by atoms with Gasteiger partial charge in [0.15, 0.2) is 0 Å². The first-order valence-corrected chi connectivity index (χ1v) is 6.91. The van der Waals surface area contributed by atoms with Crippen LogP contribution in [0.2, 0.25) is 5.28 Å². The van der Waals surface area contributed by atoms with Crippen LogP contribution < -0.4 is 5.32 Å². The molecule has 0 spiro atoms. The Kier molecular flexibility index (Phi) is 7.16. The van der Waals surface area contributed by atoms with Crippen molar-refractivity contribution in [1.82, 2.24) is 15.3 Å². The van der Waals surface area contributed by atoms with E-state index in [-0.39, 0.29) is 5.28 Å². The number of nitrogens with zero attached hydrogens (tertiary/aromatic N) is 3. The van der Waals surface area contributed by atoms with Gasteiger partial charge in [-0.3, -0.25) is 4.99 Å². The minimum atomic E-state index is 0.259. The third-order valence-corrected chi connectivity index (χ3v) is 3.44. The van der Waals surface area contributed by atoms with E-state index in [1.807, 2.05) is 7.05 Å². The standard InChI is InChI=1S/C11H17ClN4S/c1-13-6-4-3-5-7-17-10-9(14-2)8-15-11(12)16-10/h8,13H,2-7H2,1H3. The monoisotopic (exact) mass is 272 g/mol. The molecular formula is C11H17ClN4S. The molecule has 4 nitrogen and oxygen atoms in total. The number of thioether (sulfide) groups is 1. The van der Waals surface area contributed by atoms with Crippen LogP contribution in [0.5, 0.6) is 0 Å². The van der Waals surface area contributed by atoms with Gasteiger partial charge in [0.05, 0.1) is 6.20 Å². The average molecular weight is 273 g/mol. The van der Waals surface area contributed by atoms with Crippen molar-refractivity contribution in [3.63, 3.8) is 0 Å². The summed E-state index contributed by atoms with van der Waals surface area (Å²) in [6, 6.07) is 0. The van der Waals surface area contributed by atoms with Crippen LogP contribution in [0.1, 0.15) is 19.3 Å². The summed E-state index contributed by atoms with van der Waals surface area (Å²) in [6.45, 7) is 4.57. The lowest BCUT2D eigenvalue weighted by Crippen LogP contribution is -2.07. The largest absolute Gasteiger partial charge is 0.320 e. The van der Waals surface area contributed by atoms with Gasteiger partial charge in [-0.15, -0.1) is 11.8 Å². The van der Waals surface area contributed by atoms with Crippen LogP contribution in [-0.4, -0.2) is 36.0 Å². The van der Waals surface area contributed by atoms with Crippen LogP contribution in [0, 0.1) is 0 Å². The molecular weight excluding hydrogens is 256 g/mol. The Morgan fingerprint density at radius 2 is 2.29 bits per heavy atom. The predicted molar refractivity (Wildman–Crippen MR) is 74.8 cm³/mol. The zero-order valence-electron chi connectivity index (χ0n) is 9.95. The van der Waals surface area contributed by atoms with Gasteiger partial charge in [-0.2, -0.15) is 0 Å². The molecule has 0 aromatic carbocycles. The molecule has 1 heterocycles. The van der Waals surface area contributed by atoms with E-state index in [0.717, 1.165) is 23.7 Å². The second kappa shape index (κ2) is 8.44. The van der Waals surface area contributed by atoms with Crippen LogP contribution >= 0.6 is 23.4 Å². The molecule has 0 aliphatic carbocycles. The van der Waals surface area contributed by atoms with E-state index in [0.29, 0.717) is 5.69 Å². The predicted octanol–water partition coefficient (Wildman–Crippen LogP) is 2.94. The Balaban J connectivity index is 2.35. The van der Waals surface area contributed by atoms with Crippen LogP contribution in [0.15, 0.2) is 16.2 Å². The highest BCUT2D eigenvalue weighted by Gasteiger charge is 2.05. The Labute approximate surface area is 111 Å². The van der Waals surface area contributed by atoms with Crippen LogP contribution in [0.4, 0.5) is 5.69 Å². The maximum absolute atomic E-state index is 5.75. The first kappa shape index (κ1) is 14.4. The topological polar surface area (TPSA) is 50.2 Å². The van der Waals surface area contributed by atoms with Gasteiger partial charge in [-0.25, -0.2) is 9.97 Å². The third-order valence-electron chi connectivity index (χ3n) is 2.19. The zero-order valence-corrected chi connectivity index (χ0v) is 11.5. The second-order valence-electron chi connectivity index (χ2n) is 3.50. The molecule has 0 radical (unpaired) electrons. The van der Waals surface area contributed by atoms with Gasteiger partial charge >= 0.3 is 0 Å². The minimum absolute atomic E-state index is 0.259. The highest BCUT2D eigenvalue weighted by atomic mass is 35.5. The molecule has 1 aromatic rings. The molecule has 6 heteroatoms. The van der Waals surface area contributed by atoms with E-state index < -0.39 is 0 Å². The summed E-state index contributed by atoms with van der Waals surface area (Å²) >= 11 is 7.40. The van der Waals surface area contributed by atoms with Gasteiger partial charge in [-0.1, -0.05) is 6.42 Å². The first-order valence-electron chi connectivity index (χ1n) is 5.54. The third kappa shape index (κ3) is 5.48. The van der Waals surface area contributed by atoms with E-state index >= 15 is 0 Å². The van der Waals surface area contributed by atoms with Crippen molar-refractivity contribution in [2.75, 3.05) is 19.3 Å². The SMILES string of the molecule is C=Nc1cnc(Cl)nc1SCCCCCNC. The van der Waals surface area contributed by atoms with E-state index in [9.17, 15) is 0 Å². The number of hydrogen-bond donors (Lipinski definition) is 1. The van der Waals surface area contributed by atoms with Gasteiger partial charge in [0.25, 0.3) is 0 Å². The number of nitrogens with one attached hydrogen (secondary N) is 1. The van der Waals surface area contributed by atoms with Crippen molar-refractivity contribution in [2.45, 2.75) is 24.3 Å². The Hall–Kier alpha value is -0.650. The van der Waals surface area contributed by atoms with Crippen LogP contribution in [-0.2, 0) is 0 Å². The highest BCUT2D eigenvalue weighted by Crippen LogP contribution is 2.28. The second-order valence-corrected chi connectivity index (χ2v) is 4.92. The highest BCUT2D eigenvalue weighted by molar-refractivity contribution is 7.99. The van der Waals surface area contributed by atoms with E-state index in [2.05, 4.69) is 27.0 Å². The summed E-state index contributed by atoms with van der Waals surface area (Å²) in [5.74, 6) is 1.01. The van der Waals surface area contributed by atoms with Crippen molar-refractivity contribution in [3.8, 4) is 0 Å². The van der Waals surface area contributed by atoms with Gasteiger partial charge in [0, 0.05) is 0 Å².